The largest absolute Gasteiger partial charge is 0.481 e. The first-order valence-corrected chi connectivity index (χ1v) is 9.67. The Kier molecular flexibility index (Phi) is 7.37. The number of rotatable bonds is 8. The minimum atomic E-state index is -1.36. The van der Waals surface area contributed by atoms with E-state index in [1.54, 1.807) is 4.57 Å². The Labute approximate surface area is 163 Å². The third-order valence-electron chi connectivity index (χ3n) is 5.47. The van der Waals surface area contributed by atoms with Crippen LogP contribution in [0.5, 0.6) is 0 Å². The van der Waals surface area contributed by atoms with Gasteiger partial charge in [0.15, 0.2) is 0 Å². The highest BCUT2D eigenvalue weighted by Crippen LogP contribution is 2.25. The van der Waals surface area contributed by atoms with E-state index >= 15 is 0 Å². The van der Waals surface area contributed by atoms with Crippen LogP contribution < -0.4 is 10.9 Å². The smallest absolute Gasteiger partial charge is 0.326 e. The van der Waals surface area contributed by atoms with Gasteiger partial charge in [-0.2, -0.15) is 0 Å². The zero-order chi connectivity index (χ0) is 20.8. The van der Waals surface area contributed by atoms with E-state index in [1.165, 1.54) is 12.5 Å². The Morgan fingerprint density at radius 1 is 1.18 bits per heavy atom. The second-order valence-corrected chi connectivity index (χ2v) is 7.54. The third kappa shape index (κ3) is 5.43. The Morgan fingerprint density at radius 2 is 1.82 bits per heavy atom. The molecule has 3 N–H and O–H groups in total. The molecule has 0 aromatic carbocycles. The zero-order valence-corrected chi connectivity index (χ0v) is 16.4. The van der Waals surface area contributed by atoms with Crippen LogP contribution in [-0.2, 0) is 16.1 Å². The lowest BCUT2D eigenvalue weighted by molar-refractivity contribution is -0.140. The molecular formula is C20H28N2O6. The van der Waals surface area contributed by atoms with Gasteiger partial charge in [-0.1, -0.05) is 19.3 Å². The number of aliphatic carboxylic acids is 2. The summed E-state index contributed by atoms with van der Waals surface area (Å²) >= 11 is 0. The number of hydrogen-bond donors (Lipinski definition) is 3. The molecule has 1 aliphatic carbocycles. The molecule has 0 radical (unpaired) electrons. The first-order chi connectivity index (χ1) is 13.2. The highest BCUT2D eigenvalue weighted by Gasteiger charge is 2.25. The van der Waals surface area contributed by atoms with E-state index in [2.05, 4.69) is 5.32 Å². The van der Waals surface area contributed by atoms with Crippen LogP contribution in [0.15, 0.2) is 10.9 Å². The van der Waals surface area contributed by atoms with Crippen LogP contribution in [-0.4, -0.2) is 38.7 Å². The van der Waals surface area contributed by atoms with Crippen molar-refractivity contribution in [1.82, 2.24) is 9.88 Å². The normalized spacial score (nSPS) is 15.8. The number of carbonyl (C=O) groups excluding carboxylic acids is 1. The second-order valence-electron chi connectivity index (χ2n) is 7.54. The standard InChI is InChI=1S/C20H28N2O6/c1-12-10-15(18(25)21-16(20(27)28)8-9-17(23)24)19(26)22(13(12)2)11-14-6-4-3-5-7-14/h10,14,16H,3-9,11H2,1-2H3,(H,21,25)(H,23,24)(H,27,28)/t16-/m0/s1. The number of carboxylic acid groups (broad SMARTS) is 2. The van der Waals surface area contributed by atoms with Gasteiger partial charge < -0.3 is 20.1 Å². The fourth-order valence-corrected chi connectivity index (χ4v) is 3.66. The van der Waals surface area contributed by atoms with Gasteiger partial charge in [-0.25, -0.2) is 4.79 Å². The number of nitrogens with one attached hydrogen (secondary N) is 1. The predicted molar refractivity (Wildman–Crippen MR) is 103 cm³/mol. The SMILES string of the molecule is Cc1cc(C(=O)N[C@@H](CCC(=O)O)C(=O)O)c(=O)n(CC2CCCCC2)c1C. The summed E-state index contributed by atoms with van der Waals surface area (Å²) in [5, 5.41) is 20.3. The van der Waals surface area contributed by atoms with Crippen molar-refractivity contribution in [2.45, 2.75) is 71.4 Å². The Bertz CT molecular complexity index is 808. The van der Waals surface area contributed by atoms with Gasteiger partial charge in [0, 0.05) is 18.7 Å². The van der Waals surface area contributed by atoms with Gasteiger partial charge in [0.1, 0.15) is 11.6 Å². The van der Waals surface area contributed by atoms with Gasteiger partial charge in [0.25, 0.3) is 11.5 Å². The highest BCUT2D eigenvalue weighted by molar-refractivity contribution is 5.96. The van der Waals surface area contributed by atoms with Gasteiger partial charge in [0.05, 0.1) is 0 Å². The lowest BCUT2D eigenvalue weighted by Crippen LogP contribution is -2.44. The summed E-state index contributed by atoms with van der Waals surface area (Å²) in [7, 11) is 0. The van der Waals surface area contributed by atoms with E-state index in [0.29, 0.717) is 12.5 Å². The van der Waals surface area contributed by atoms with Crippen molar-refractivity contribution in [2.24, 2.45) is 5.92 Å². The molecule has 1 aromatic rings. The van der Waals surface area contributed by atoms with E-state index in [0.717, 1.165) is 36.9 Å². The molecule has 1 saturated carbocycles. The maximum Gasteiger partial charge on any atom is 0.326 e. The Morgan fingerprint density at radius 3 is 2.39 bits per heavy atom. The van der Waals surface area contributed by atoms with E-state index in [-0.39, 0.29) is 12.0 Å². The molecule has 154 valence electrons. The van der Waals surface area contributed by atoms with E-state index in [1.807, 2.05) is 13.8 Å². The number of hydrogen-bond acceptors (Lipinski definition) is 4. The van der Waals surface area contributed by atoms with Gasteiger partial charge in [-0.05, 0) is 50.7 Å². The molecule has 1 aliphatic rings. The van der Waals surface area contributed by atoms with Crippen LogP contribution in [0.3, 0.4) is 0 Å². The van der Waals surface area contributed by atoms with Gasteiger partial charge in [-0.3, -0.25) is 14.4 Å². The van der Waals surface area contributed by atoms with Crippen molar-refractivity contribution in [1.29, 1.82) is 0 Å². The van der Waals surface area contributed by atoms with Crippen molar-refractivity contribution in [3.8, 4) is 0 Å². The Balaban J connectivity index is 2.26. The summed E-state index contributed by atoms with van der Waals surface area (Å²) in [4.78, 5) is 47.5. The fourth-order valence-electron chi connectivity index (χ4n) is 3.66. The van der Waals surface area contributed by atoms with Crippen LogP contribution in [0.2, 0.25) is 0 Å². The maximum absolute atomic E-state index is 12.9. The molecule has 1 fully saturated rings. The average molecular weight is 392 g/mol. The van der Waals surface area contributed by atoms with E-state index < -0.39 is 35.9 Å². The minimum absolute atomic E-state index is 0.111. The molecule has 28 heavy (non-hydrogen) atoms. The molecule has 1 atom stereocenters. The van der Waals surface area contributed by atoms with E-state index in [4.69, 9.17) is 5.11 Å². The van der Waals surface area contributed by atoms with Crippen LogP contribution in [0.25, 0.3) is 0 Å². The summed E-state index contributed by atoms with van der Waals surface area (Å²) in [6.07, 6.45) is 4.95. The summed E-state index contributed by atoms with van der Waals surface area (Å²) < 4.78 is 1.62. The van der Waals surface area contributed by atoms with Gasteiger partial charge in [-0.15, -0.1) is 0 Å². The van der Waals surface area contributed by atoms with Crippen molar-refractivity contribution >= 4 is 17.8 Å². The number of pyridine rings is 1. The molecule has 2 rings (SSSR count). The summed E-state index contributed by atoms with van der Waals surface area (Å²) in [5.41, 5.74) is 1.03. The lowest BCUT2D eigenvalue weighted by atomic mass is 9.89. The van der Waals surface area contributed by atoms with Gasteiger partial charge in [0.2, 0.25) is 0 Å². The second kappa shape index (κ2) is 9.52. The van der Waals surface area contributed by atoms with Gasteiger partial charge >= 0.3 is 11.9 Å². The number of amides is 1. The topological polar surface area (TPSA) is 126 Å². The molecule has 0 spiro atoms. The van der Waals surface area contributed by atoms with E-state index in [9.17, 15) is 24.3 Å². The first kappa shape index (κ1) is 21.7. The number of aromatic nitrogens is 1. The van der Waals surface area contributed by atoms with Crippen LogP contribution >= 0.6 is 0 Å². The maximum atomic E-state index is 12.9. The fraction of sp³-hybridized carbons (Fsp3) is 0.600. The number of aryl methyl sites for hydroxylation is 1. The quantitative estimate of drug-likeness (QED) is 0.622. The molecule has 0 saturated heterocycles. The van der Waals surface area contributed by atoms with Crippen molar-refractivity contribution < 1.29 is 24.6 Å². The lowest BCUT2D eigenvalue weighted by Gasteiger charge is -2.24. The van der Waals surface area contributed by atoms with Crippen LogP contribution in [0.4, 0.5) is 0 Å². The summed E-state index contributed by atoms with van der Waals surface area (Å²) in [6, 6.07) is 0.108. The zero-order valence-electron chi connectivity index (χ0n) is 16.4. The minimum Gasteiger partial charge on any atom is -0.481 e. The molecule has 1 amide bonds. The van der Waals surface area contributed by atoms with Crippen LogP contribution in [0, 0.1) is 19.8 Å². The molecule has 0 unspecified atom stereocenters. The highest BCUT2D eigenvalue weighted by atomic mass is 16.4. The Hall–Kier alpha value is -2.64. The molecule has 1 heterocycles. The number of carboxylic acids is 2. The van der Waals surface area contributed by atoms with Crippen molar-refractivity contribution in [3.05, 3.63) is 33.2 Å². The monoisotopic (exact) mass is 392 g/mol. The summed E-state index contributed by atoms with van der Waals surface area (Å²) in [6.45, 7) is 4.20. The van der Waals surface area contributed by atoms with Crippen LogP contribution in [0.1, 0.15) is 66.6 Å². The van der Waals surface area contributed by atoms with Crippen molar-refractivity contribution in [3.63, 3.8) is 0 Å². The predicted octanol–water partition coefficient (Wildman–Crippen LogP) is 2.09. The molecular weight excluding hydrogens is 364 g/mol. The molecule has 8 nitrogen and oxygen atoms in total. The van der Waals surface area contributed by atoms with Crippen molar-refractivity contribution in [2.75, 3.05) is 0 Å². The third-order valence-corrected chi connectivity index (χ3v) is 5.47. The molecule has 0 aliphatic heterocycles. The molecule has 8 heteroatoms. The summed E-state index contributed by atoms with van der Waals surface area (Å²) in [5.74, 6) is -2.88. The molecule has 1 aromatic heterocycles. The number of nitrogens with zero attached hydrogens (tertiary/aromatic N) is 1. The first-order valence-electron chi connectivity index (χ1n) is 9.67. The number of carbonyl (C=O) groups is 3. The average Bonchev–Trinajstić information content (AvgIpc) is 2.65. The molecule has 0 bridgehead atoms.